The predicted octanol–water partition coefficient (Wildman–Crippen LogP) is 3.24. The first-order valence-electron chi connectivity index (χ1n) is 9.96. The number of benzene rings is 2. The summed E-state index contributed by atoms with van der Waals surface area (Å²) >= 11 is 0. The Labute approximate surface area is 175 Å². The minimum absolute atomic E-state index is 0.0756. The summed E-state index contributed by atoms with van der Waals surface area (Å²) in [5.41, 5.74) is 4.46. The Morgan fingerprint density at radius 3 is 2.10 bits per heavy atom. The maximum atomic E-state index is 12.5. The minimum Gasteiger partial charge on any atom is -0.480 e. The SMILES string of the molecule is CCC(C(=O)O)N(C)C(=O)[C@@H](C)NC(=O)OCC1c2ccccc2-c2ccccc21. The average Bonchev–Trinajstić information content (AvgIpc) is 3.05. The van der Waals surface area contributed by atoms with Crippen LogP contribution < -0.4 is 5.32 Å². The van der Waals surface area contributed by atoms with Gasteiger partial charge in [0, 0.05) is 13.0 Å². The lowest BCUT2D eigenvalue weighted by Gasteiger charge is -2.27. The Morgan fingerprint density at radius 1 is 1.07 bits per heavy atom. The Kier molecular flexibility index (Phi) is 6.40. The lowest BCUT2D eigenvalue weighted by molar-refractivity contribution is -0.149. The van der Waals surface area contributed by atoms with E-state index in [4.69, 9.17) is 4.74 Å². The fourth-order valence-corrected chi connectivity index (χ4v) is 3.95. The molecule has 0 bridgehead atoms. The van der Waals surface area contributed by atoms with Crippen molar-refractivity contribution >= 4 is 18.0 Å². The third kappa shape index (κ3) is 4.15. The summed E-state index contributed by atoms with van der Waals surface area (Å²) in [7, 11) is 1.42. The van der Waals surface area contributed by atoms with Gasteiger partial charge in [0.15, 0.2) is 0 Å². The van der Waals surface area contributed by atoms with Crippen LogP contribution in [0.3, 0.4) is 0 Å². The highest BCUT2D eigenvalue weighted by Gasteiger charge is 2.31. The Hall–Kier alpha value is -3.35. The van der Waals surface area contributed by atoms with Gasteiger partial charge in [-0.15, -0.1) is 0 Å². The van der Waals surface area contributed by atoms with Crippen molar-refractivity contribution in [3.8, 4) is 11.1 Å². The van der Waals surface area contributed by atoms with Gasteiger partial charge in [-0.25, -0.2) is 9.59 Å². The number of rotatable bonds is 7. The van der Waals surface area contributed by atoms with E-state index in [1.807, 2.05) is 36.4 Å². The summed E-state index contributed by atoms with van der Waals surface area (Å²) in [6, 6.07) is 14.2. The third-order valence-corrected chi connectivity index (χ3v) is 5.54. The van der Waals surface area contributed by atoms with Crippen LogP contribution >= 0.6 is 0 Å². The molecular formula is C23H26N2O5. The van der Waals surface area contributed by atoms with E-state index in [0.717, 1.165) is 27.2 Å². The van der Waals surface area contributed by atoms with Gasteiger partial charge in [-0.05, 0) is 35.6 Å². The second-order valence-corrected chi connectivity index (χ2v) is 7.40. The molecule has 2 atom stereocenters. The summed E-state index contributed by atoms with van der Waals surface area (Å²) in [5, 5.41) is 11.7. The van der Waals surface area contributed by atoms with Gasteiger partial charge >= 0.3 is 12.1 Å². The monoisotopic (exact) mass is 410 g/mol. The van der Waals surface area contributed by atoms with E-state index in [-0.39, 0.29) is 18.9 Å². The van der Waals surface area contributed by atoms with Gasteiger partial charge in [-0.2, -0.15) is 0 Å². The molecule has 30 heavy (non-hydrogen) atoms. The van der Waals surface area contributed by atoms with Gasteiger partial charge in [0.1, 0.15) is 18.7 Å². The number of aliphatic carboxylic acids is 1. The molecule has 1 unspecified atom stereocenters. The molecule has 0 heterocycles. The van der Waals surface area contributed by atoms with Crippen LogP contribution in [0.2, 0.25) is 0 Å². The van der Waals surface area contributed by atoms with Gasteiger partial charge in [0.25, 0.3) is 0 Å². The normalized spacial score (nSPS) is 14.2. The van der Waals surface area contributed by atoms with Crippen LogP contribution in [0.15, 0.2) is 48.5 Å². The second kappa shape index (κ2) is 8.98. The molecule has 0 radical (unpaired) electrons. The zero-order chi connectivity index (χ0) is 21.8. The molecule has 3 rings (SSSR count). The molecule has 2 aromatic carbocycles. The molecule has 2 aromatic rings. The first kappa shape index (κ1) is 21.4. The minimum atomic E-state index is -1.08. The van der Waals surface area contributed by atoms with Crippen molar-refractivity contribution in [1.82, 2.24) is 10.2 Å². The topological polar surface area (TPSA) is 95.9 Å². The molecule has 7 nitrogen and oxygen atoms in total. The highest BCUT2D eigenvalue weighted by molar-refractivity contribution is 5.88. The molecule has 1 aliphatic carbocycles. The fourth-order valence-electron chi connectivity index (χ4n) is 3.95. The Balaban J connectivity index is 1.62. The van der Waals surface area contributed by atoms with Gasteiger partial charge in [0.05, 0.1) is 0 Å². The molecule has 0 spiro atoms. The molecule has 0 saturated heterocycles. The summed E-state index contributed by atoms with van der Waals surface area (Å²) in [6.07, 6.45) is -0.440. The standard InChI is InChI=1S/C23H26N2O5/c1-4-20(22(27)28)25(3)21(26)14(2)24-23(29)30-13-19-17-11-7-5-9-15(17)16-10-6-8-12-18(16)19/h5-12,14,19-20H,4,13H2,1-3H3,(H,24,29)(H,27,28)/t14-,20?/m1/s1. The fraction of sp³-hybridized carbons (Fsp3) is 0.348. The van der Waals surface area contributed by atoms with Crippen molar-refractivity contribution in [2.75, 3.05) is 13.7 Å². The van der Waals surface area contributed by atoms with Crippen LogP contribution in [0, 0.1) is 0 Å². The number of hydrogen-bond donors (Lipinski definition) is 2. The zero-order valence-corrected chi connectivity index (χ0v) is 17.3. The zero-order valence-electron chi connectivity index (χ0n) is 17.3. The number of alkyl carbamates (subject to hydrolysis) is 1. The smallest absolute Gasteiger partial charge is 0.407 e. The first-order valence-corrected chi connectivity index (χ1v) is 9.96. The number of hydrogen-bond acceptors (Lipinski definition) is 4. The van der Waals surface area contributed by atoms with Crippen LogP contribution in [0.25, 0.3) is 11.1 Å². The van der Waals surface area contributed by atoms with E-state index in [0.29, 0.717) is 0 Å². The Bertz CT molecular complexity index is 913. The number of nitrogens with zero attached hydrogens (tertiary/aromatic N) is 1. The molecule has 0 aromatic heterocycles. The van der Waals surface area contributed by atoms with Crippen molar-refractivity contribution in [3.63, 3.8) is 0 Å². The molecule has 1 aliphatic rings. The maximum absolute atomic E-state index is 12.5. The number of amides is 2. The van der Waals surface area contributed by atoms with E-state index in [9.17, 15) is 19.5 Å². The number of carboxylic acids is 1. The van der Waals surface area contributed by atoms with Crippen molar-refractivity contribution in [3.05, 3.63) is 59.7 Å². The molecule has 0 saturated carbocycles. The number of fused-ring (bicyclic) bond motifs is 3. The number of nitrogens with one attached hydrogen (secondary N) is 1. The van der Waals surface area contributed by atoms with Crippen molar-refractivity contribution in [1.29, 1.82) is 0 Å². The molecule has 0 aliphatic heterocycles. The van der Waals surface area contributed by atoms with Crippen LogP contribution in [-0.4, -0.2) is 53.7 Å². The third-order valence-electron chi connectivity index (χ3n) is 5.54. The molecule has 7 heteroatoms. The number of carboxylic acid groups (broad SMARTS) is 1. The lowest BCUT2D eigenvalue weighted by atomic mass is 9.98. The quantitative estimate of drug-likeness (QED) is 0.731. The van der Waals surface area contributed by atoms with Crippen molar-refractivity contribution < 1.29 is 24.2 Å². The first-order chi connectivity index (χ1) is 14.3. The van der Waals surface area contributed by atoms with Crippen LogP contribution in [0.4, 0.5) is 4.79 Å². The van der Waals surface area contributed by atoms with Gasteiger partial charge < -0.3 is 20.1 Å². The van der Waals surface area contributed by atoms with Crippen molar-refractivity contribution in [2.24, 2.45) is 0 Å². The average molecular weight is 410 g/mol. The highest BCUT2D eigenvalue weighted by atomic mass is 16.5. The van der Waals surface area contributed by atoms with E-state index in [1.165, 1.54) is 14.0 Å². The van der Waals surface area contributed by atoms with E-state index in [2.05, 4.69) is 17.4 Å². The summed E-state index contributed by atoms with van der Waals surface area (Å²) in [6.45, 7) is 3.34. The van der Waals surface area contributed by atoms with Gasteiger partial charge in [-0.3, -0.25) is 4.79 Å². The van der Waals surface area contributed by atoms with Crippen LogP contribution in [0.1, 0.15) is 37.3 Å². The van der Waals surface area contributed by atoms with Crippen LogP contribution in [-0.2, 0) is 14.3 Å². The highest BCUT2D eigenvalue weighted by Crippen LogP contribution is 2.44. The van der Waals surface area contributed by atoms with E-state index < -0.39 is 30.1 Å². The molecule has 2 N–H and O–H groups in total. The molecule has 158 valence electrons. The van der Waals surface area contributed by atoms with Gasteiger partial charge in [0.2, 0.25) is 5.91 Å². The number of ether oxygens (including phenoxy) is 1. The Morgan fingerprint density at radius 2 is 1.60 bits per heavy atom. The number of likely N-dealkylation sites (N-methyl/N-ethyl adjacent to an activating group) is 1. The second-order valence-electron chi connectivity index (χ2n) is 7.40. The van der Waals surface area contributed by atoms with Crippen LogP contribution in [0.5, 0.6) is 0 Å². The lowest BCUT2D eigenvalue weighted by Crippen LogP contribution is -2.51. The summed E-state index contributed by atoms with van der Waals surface area (Å²) < 4.78 is 5.44. The van der Waals surface area contributed by atoms with E-state index in [1.54, 1.807) is 6.92 Å². The largest absolute Gasteiger partial charge is 0.480 e. The van der Waals surface area contributed by atoms with Crippen molar-refractivity contribution in [2.45, 2.75) is 38.3 Å². The maximum Gasteiger partial charge on any atom is 0.407 e. The molecule has 0 fully saturated rings. The van der Waals surface area contributed by atoms with Gasteiger partial charge in [-0.1, -0.05) is 55.5 Å². The number of carbonyl (C=O) groups excluding carboxylic acids is 2. The number of carbonyl (C=O) groups is 3. The molecule has 2 amide bonds. The molecular weight excluding hydrogens is 384 g/mol. The van der Waals surface area contributed by atoms with E-state index >= 15 is 0 Å². The predicted molar refractivity (Wildman–Crippen MR) is 112 cm³/mol. The summed E-state index contributed by atoms with van der Waals surface area (Å²) in [5.74, 6) is -1.65. The summed E-state index contributed by atoms with van der Waals surface area (Å²) in [4.78, 5) is 37.2.